The number of carbonyl (C=O) groups excluding carboxylic acids is 2. The van der Waals surface area contributed by atoms with E-state index < -0.39 is 0 Å². The first-order valence-corrected chi connectivity index (χ1v) is 10.0. The molecule has 2 aromatic heterocycles. The Kier molecular flexibility index (Phi) is 4.93. The van der Waals surface area contributed by atoms with E-state index in [2.05, 4.69) is 15.3 Å². The van der Waals surface area contributed by atoms with E-state index in [4.69, 9.17) is 5.26 Å². The van der Waals surface area contributed by atoms with E-state index in [0.29, 0.717) is 27.5 Å². The number of hydrogen-bond donors (Lipinski definition) is 1. The molecule has 4 aromatic rings. The highest BCUT2D eigenvalue weighted by atomic mass is 32.1. The SMILES string of the molecule is N#Cc1cccc(C(=O)Nc2ccc3nc(CC(=O)c4cscn4)sc3c2)c1. The molecule has 0 saturated heterocycles. The molecule has 0 saturated carbocycles. The summed E-state index contributed by atoms with van der Waals surface area (Å²) in [6.45, 7) is 0. The molecule has 2 heterocycles. The standard InChI is InChI=1S/C20H12N4O2S2/c21-9-12-2-1-3-13(6-12)20(26)23-14-4-5-15-18(7-14)28-19(24-15)8-17(25)16-10-27-11-22-16/h1-7,10-11H,8H2,(H,23,26). The maximum Gasteiger partial charge on any atom is 0.255 e. The van der Waals surface area contributed by atoms with Crippen LogP contribution in [0.25, 0.3) is 10.2 Å². The molecule has 6 nitrogen and oxygen atoms in total. The highest BCUT2D eigenvalue weighted by molar-refractivity contribution is 7.18. The fraction of sp³-hybridized carbons (Fsp3) is 0.0500. The van der Waals surface area contributed by atoms with Gasteiger partial charge in [-0.15, -0.1) is 22.7 Å². The van der Waals surface area contributed by atoms with Crippen molar-refractivity contribution < 1.29 is 9.59 Å². The number of anilines is 1. The number of ketones is 1. The highest BCUT2D eigenvalue weighted by Crippen LogP contribution is 2.26. The molecule has 0 spiro atoms. The first-order valence-electron chi connectivity index (χ1n) is 8.25. The Hall–Kier alpha value is -3.41. The average Bonchev–Trinajstić information content (AvgIpc) is 3.37. The zero-order valence-electron chi connectivity index (χ0n) is 14.4. The zero-order chi connectivity index (χ0) is 19.5. The smallest absolute Gasteiger partial charge is 0.255 e. The minimum Gasteiger partial charge on any atom is -0.322 e. The van der Waals surface area contributed by atoms with Gasteiger partial charge in [-0.25, -0.2) is 9.97 Å². The first kappa shape index (κ1) is 18.0. The molecule has 0 fully saturated rings. The molecule has 8 heteroatoms. The van der Waals surface area contributed by atoms with Crippen LogP contribution in [0.4, 0.5) is 5.69 Å². The van der Waals surface area contributed by atoms with Crippen molar-refractivity contribution in [2.75, 3.05) is 5.32 Å². The van der Waals surface area contributed by atoms with E-state index in [1.54, 1.807) is 41.2 Å². The number of nitrogens with zero attached hydrogens (tertiary/aromatic N) is 3. The van der Waals surface area contributed by atoms with Crippen molar-refractivity contribution in [2.45, 2.75) is 6.42 Å². The van der Waals surface area contributed by atoms with Crippen LogP contribution in [-0.4, -0.2) is 21.7 Å². The van der Waals surface area contributed by atoms with Gasteiger partial charge in [-0.3, -0.25) is 9.59 Å². The predicted molar refractivity (Wildman–Crippen MR) is 109 cm³/mol. The normalized spacial score (nSPS) is 10.5. The second kappa shape index (κ2) is 7.68. The summed E-state index contributed by atoms with van der Waals surface area (Å²) >= 11 is 2.80. The quantitative estimate of drug-likeness (QED) is 0.500. The molecule has 0 aliphatic rings. The summed E-state index contributed by atoms with van der Waals surface area (Å²) in [5.74, 6) is -0.355. The fourth-order valence-electron chi connectivity index (χ4n) is 2.64. The van der Waals surface area contributed by atoms with Crippen molar-refractivity contribution in [1.29, 1.82) is 5.26 Å². The lowest BCUT2D eigenvalue weighted by Gasteiger charge is -2.05. The van der Waals surface area contributed by atoms with Crippen molar-refractivity contribution >= 4 is 50.3 Å². The van der Waals surface area contributed by atoms with Gasteiger partial charge in [0.1, 0.15) is 10.7 Å². The van der Waals surface area contributed by atoms with Crippen LogP contribution in [0.3, 0.4) is 0 Å². The number of rotatable bonds is 5. The summed E-state index contributed by atoms with van der Waals surface area (Å²) in [7, 11) is 0. The molecule has 1 N–H and O–H groups in total. The van der Waals surface area contributed by atoms with Gasteiger partial charge in [0.05, 0.1) is 33.8 Å². The molecule has 0 aliphatic heterocycles. The fourth-order valence-corrected chi connectivity index (χ4v) is 4.20. The lowest BCUT2D eigenvalue weighted by molar-refractivity contribution is 0.0987. The first-order chi connectivity index (χ1) is 13.6. The summed E-state index contributed by atoms with van der Waals surface area (Å²) < 4.78 is 0.879. The number of carbonyl (C=O) groups is 2. The summed E-state index contributed by atoms with van der Waals surface area (Å²) in [6, 6.07) is 13.9. The number of benzene rings is 2. The van der Waals surface area contributed by atoms with Crippen molar-refractivity contribution in [3.05, 3.63) is 75.2 Å². The largest absolute Gasteiger partial charge is 0.322 e. The Balaban J connectivity index is 1.52. The highest BCUT2D eigenvalue weighted by Gasteiger charge is 2.14. The molecule has 2 aromatic carbocycles. The maximum atomic E-state index is 12.4. The third-order valence-corrected chi connectivity index (χ3v) is 5.58. The molecule has 0 aliphatic carbocycles. The van der Waals surface area contributed by atoms with E-state index in [1.807, 2.05) is 18.2 Å². The van der Waals surface area contributed by atoms with Gasteiger partial charge in [0, 0.05) is 16.6 Å². The molecule has 0 radical (unpaired) electrons. The van der Waals surface area contributed by atoms with Gasteiger partial charge in [0.25, 0.3) is 5.91 Å². The Morgan fingerprint density at radius 2 is 2.07 bits per heavy atom. The van der Waals surface area contributed by atoms with Crippen LogP contribution in [0.15, 0.2) is 53.4 Å². The Morgan fingerprint density at radius 3 is 2.86 bits per heavy atom. The molecular formula is C20H12N4O2S2. The Morgan fingerprint density at radius 1 is 1.18 bits per heavy atom. The minimum absolute atomic E-state index is 0.0637. The summed E-state index contributed by atoms with van der Waals surface area (Å²) in [5, 5.41) is 14.2. The van der Waals surface area contributed by atoms with Crippen LogP contribution in [0.2, 0.25) is 0 Å². The Labute approximate surface area is 168 Å². The number of thiazole rings is 2. The van der Waals surface area contributed by atoms with Crippen LogP contribution in [0.5, 0.6) is 0 Å². The predicted octanol–water partition coefficient (Wildman–Crippen LogP) is 4.30. The van der Waals surface area contributed by atoms with Crippen molar-refractivity contribution in [3.8, 4) is 6.07 Å². The van der Waals surface area contributed by atoms with Crippen LogP contribution < -0.4 is 5.32 Å². The van der Waals surface area contributed by atoms with Gasteiger partial charge in [-0.1, -0.05) is 6.07 Å². The molecule has 0 bridgehead atoms. The second-order valence-electron chi connectivity index (χ2n) is 5.91. The van der Waals surface area contributed by atoms with Crippen LogP contribution in [0, 0.1) is 11.3 Å². The van der Waals surface area contributed by atoms with Crippen molar-refractivity contribution in [2.24, 2.45) is 0 Å². The average molecular weight is 404 g/mol. The number of nitrogens with one attached hydrogen (secondary N) is 1. The monoisotopic (exact) mass is 404 g/mol. The third-order valence-electron chi connectivity index (χ3n) is 3.97. The second-order valence-corrected chi connectivity index (χ2v) is 7.74. The zero-order valence-corrected chi connectivity index (χ0v) is 16.0. The van der Waals surface area contributed by atoms with Crippen LogP contribution in [-0.2, 0) is 6.42 Å². The van der Waals surface area contributed by atoms with Crippen molar-refractivity contribution in [3.63, 3.8) is 0 Å². The molecule has 1 amide bonds. The third kappa shape index (κ3) is 3.81. The molecule has 28 heavy (non-hydrogen) atoms. The molecule has 136 valence electrons. The van der Waals surface area contributed by atoms with Gasteiger partial charge in [0.15, 0.2) is 5.78 Å². The molecule has 0 atom stereocenters. The lowest BCUT2D eigenvalue weighted by Crippen LogP contribution is -2.11. The summed E-state index contributed by atoms with van der Waals surface area (Å²) in [5.41, 5.74) is 4.33. The van der Waals surface area contributed by atoms with E-state index in [1.165, 1.54) is 22.7 Å². The number of fused-ring (bicyclic) bond motifs is 1. The number of hydrogen-bond acceptors (Lipinski definition) is 7. The maximum absolute atomic E-state index is 12.4. The summed E-state index contributed by atoms with van der Waals surface area (Å²) in [4.78, 5) is 33.1. The van der Waals surface area contributed by atoms with E-state index >= 15 is 0 Å². The van der Waals surface area contributed by atoms with Crippen molar-refractivity contribution in [1.82, 2.24) is 9.97 Å². The molecule has 4 rings (SSSR count). The van der Waals surface area contributed by atoms with Crippen LogP contribution in [0.1, 0.15) is 31.4 Å². The molecule has 0 unspecified atom stereocenters. The minimum atomic E-state index is -0.292. The number of nitriles is 1. The van der Waals surface area contributed by atoms with E-state index in [-0.39, 0.29) is 18.1 Å². The summed E-state index contributed by atoms with van der Waals surface area (Å²) in [6.07, 6.45) is 0.200. The van der Waals surface area contributed by atoms with Crippen LogP contribution >= 0.6 is 22.7 Å². The van der Waals surface area contributed by atoms with E-state index in [0.717, 1.165) is 10.2 Å². The Bertz CT molecular complexity index is 1220. The lowest BCUT2D eigenvalue weighted by atomic mass is 10.1. The van der Waals surface area contributed by atoms with Gasteiger partial charge in [-0.05, 0) is 36.4 Å². The van der Waals surface area contributed by atoms with Gasteiger partial charge >= 0.3 is 0 Å². The number of Topliss-reactive ketones (excluding diaryl/α,β-unsaturated/α-hetero) is 1. The van der Waals surface area contributed by atoms with Gasteiger partial charge in [-0.2, -0.15) is 5.26 Å². The number of aromatic nitrogens is 2. The van der Waals surface area contributed by atoms with E-state index in [9.17, 15) is 9.59 Å². The number of amides is 1. The topological polar surface area (TPSA) is 95.7 Å². The van der Waals surface area contributed by atoms with Gasteiger partial charge in [0.2, 0.25) is 0 Å². The molecular weight excluding hydrogens is 392 g/mol. The van der Waals surface area contributed by atoms with Gasteiger partial charge < -0.3 is 5.32 Å².